The molecule has 0 saturated heterocycles. The van der Waals surface area contributed by atoms with E-state index in [9.17, 15) is 6.40 Å². The number of halogens is 2. The summed E-state index contributed by atoms with van der Waals surface area (Å²) in [5, 5.41) is 1.09. The molecule has 0 unspecified atom stereocenters. The van der Waals surface area contributed by atoms with Gasteiger partial charge in [0.05, 0.1) is 0 Å². The summed E-state index contributed by atoms with van der Waals surface area (Å²) in [4.78, 5) is 0. The Morgan fingerprint density at radius 2 is 1.06 bits per heavy atom. The average Bonchev–Trinajstić information content (AvgIpc) is 2.30. The van der Waals surface area contributed by atoms with Crippen LogP contribution in [0.3, 0.4) is 0 Å². The first kappa shape index (κ1) is 13.0. The summed E-state index contributed by atoms with van der Waals surface area (Å²) in [6.45, 7) is 0. The van der Waals surface area contributed by atoms with Crippen LogP contribution in [-0.4, -0.2) is 22.6 Å². The van der Waals surface area contributed by atoms with Crippen molar-refractivity contribution in [1.29, 1.82) is 0 Å². The Bertz CT molecular complexity index is 515. The van der Waals surface area contributed by atoms with Crippen molar-refractivity contribution in [1.82, 2.24) is 0 Å². The summed E-state index contributed by atoms with van der Waals surface area (Å²) < 4.78 is 23.5. The minimum absolute atomic E-state index is 0.440. The summed E-state index contributed by atoms with van der Waals surface area (Å²) in [6.07, 6.45) is 0. The summed E-state index contributed by atoms with van der Waals surface area (Å²) >= 11 is 6.94. The molecular formula is C12H9Cl2O2Sb. The molecule has 1 N–H and O–H groups in total. The number of benzene rings is 2. The van der Waals surface area contributed by atoms with Gasteiger partial charge in [-0.3, -0.25) is 0 Å². The fourth-order valence-corrected chi connectivity index (χ4v) is 5.70. The second-order valence-electron chi connectivity index (χ2n) is 3.53. The van der Waals surface area contributed by atoms with Crippen LogP contribution < -0.4 is 7.02 Å². The Morgan fingerprint density at radius 1 is 0.765 bits per heavy atom. The molecule has 0 saturated carbocycles. The summed E-state index contributed by atoms with van der Waals surface area (Å²) in [7, 11) is 0. The standard InChI is InChI=1S/2C6H4Cl.H2O.O.Sb/c2*7-6-4-2-1-3-5-6;;;/h2*2-5H;1H2;;/q;;;;+1/p-1. The van der Waals surface area contributed by atoms with Gasteiger partial charge in [-0.2, -0.15) is 0 Å². The Balaban J connectivity index is 2.45. The third-order valence-corrected chi connectivity index (χ3v) is 8.55. The van der Waals surface area contributed by atoms with Crippen molar-refractivity contribution in [3.8, 4) is 0 Å². The van der Waals surface area contributed by atoms with Gasteiger partial charge in [0.15, 0.2) is 0 Å². The van der Waals surface area contributed by atoms with Crippen molar-refractivity contribution in [2.45, 2.75) is 0 Å². The molecule has 2 nitrogen and oxygen atoms in total. The summed E-state index contributed by atoms with van der Waals surface area (Å²) in [5.41, 5.74) is 0. The van der Waals surface area contributed by atoms with Gasteiger partial charge in [0.1, 0.15) is 0 Å². The van der Waals surface area contributed by atoms with E-state index < -0.39 is 19.2 Å². The number of hydrogen-bond donors (Lipinski definition) is 1. The van der Waals surface area contributed by atoms with Gasteiger partial charge in [-0.15, -0.1) is 0 Å². The maximum absolute atomic E-state index is 12.4. The fraction of sp³-hybridized carbons (Fsp3) is 0. The van der Waals surface area contributed by atoms with Gasteiger partial charge in [-0.1, -0.05) is 0 Å². The quantitative estimate of drug-likeness (QED) is 0.812. The molecule has 2 aromatic carbocycles. The Kier molecular flexibility index (Phi) is 3.89. The molecule has 0 spiro atoms. The molecule has 0 aromatic heterocycles. The third-order valence-electron chi connectivity index (χ3n) is 2.35. The summed E-state index contributed by atoms with van der Waals surface area (Å²) in [5.74, 6) is 0. The van der Waals surface area contributed by atoms with Gasteiger partial charge < -0.3 is 0 Å². The van der Waals surface area contributed by atoms with Crippen LogP contribution in [0, 0.1) is 0 Å². The Labute approximate surface area is 114 Å². The van der Waals surface area contributed by atoms with Crippen LogP contribution in [0.2, 0.25) is 10.0 Å². The third kappa shape index (κ3) is 2.89. The van der Waals surface area contributed by atoms with E-state index in [1.165, 1.54) is 0 Å². The van der Waals surface area contributed by atoms with Crippen molar-refractivity contribution < 1.29 is 6.40 Å². The van der Waals surface area contributed by atoms with Crippen LogP contribution in [0.4, 0.5) is 0 Å². The van der Waals surface area contributed by atoms with Crippen molar-refractivity contribution in [3.63, 3.8) is 0 Å². The van der Waals surface area contributed by atoms with Crippen LogP contribution in [0.1, 0.15) is 0 Å². The van der Waals surface area contributed by atoms with E-state index in [0.717, 1.165) is 0 Å². The van der Waals surface area contributed by atoms with E-state index >= 15 is 0 Å². The molecule has 0 heterocycles. The maximum atomic E-state index is 12.4. The van der Waals surface area contributed by atoms with Gasteiger partial charge in [-0.25, -0.2) is 0 Å². The van der Waals surface area contributed by atoms with Gasteiger partial charge in [0, 0.05) is 0 Å². The fourth-order valence-electron chi connectivity index (χ4n) is 1.44. The zero-order chi connectivity index (χ0) is 12.5. The first-order chi connectivity index (χ1) is 8.00. The second kappa shape index (κ2) is 5.07. The molecule has 0 aliphatic carbocycles. The molecule has 2 aromatic rings. The topological polar surface area (TPSA) is 37.3 Å². The van der Waals surface area contributed by atoms with Crippen LogP contribution in [0.5, 0.6) is 0 Å². The van der Waals surface area contributed by atoms with Crippen molar-refractivity contribution in [2.75, 3.05) is 0 Å². The zero-order valence-electron chi connectivity index (χ0n) is 8.68. The molecule has 0 aliphatic heterocycles. The minimum atomic E-state index is -4.56. The van der Waals surface area contributed by atoms with E-state index in [1.807, 2.05) is 0 Å². The molecule has 88 valence electrons. The second-order valence-corrected chi connectivity index (χ2v) is 10.6. The normalized spacial score (nSPS) is 11.5. The molecular weight excluding hydrogens is 369 g/mol. The summed E-state index contributed by atoms with van der Waals surface area (Å²) in [6, 6.07) is 12.8. The van der Waals surface area contributed by atoms with Crippen molar-refractivity contribution in [3.05, 3.63) is 58.6 Å². The van der Waals surface area contributed by atoms with Gasteiger partial charge in [0.2, 0.25) is 0 Å². The van der Waals surface area contributed by atoms with E-state index in [2.05, 4.69) is 0 Å². The number of hydrogen-bond acceptors (Lipinski definition) is 1. The molecule has 5 heteroatoms. The molecule has 0 atom stereocenters. The molecule has 0 fully saturated rings. The molecule has 0 amide bonds. The van der Waals surface area contributed by atoms with E-state index in [4.69, 9.17) is 23.2 Å². The van der Waals surface area contributed by atoms with Gasteiger partial charge >= 0.3 is 114 Å². The monoisotopic (exact) mass is 376 g/mol. The van der Waals surface area contributed by atoms with Gasteiger partial charge in [-0.05, 0) is 0 Å². The van der Waals surface area contributed by atoms with E-state index in [1.54, 1.807) is 48.5 Å². The molecule has 0 bridgehead atoms. The van der Waals surface area contributed by atoms with Crippen LogP contribution in [-0.2, 0) is 3.02 Å². The van der Waals surface area contributed by atoms with E-state index in [0.29, 0.717) is 17.1 Å². The predicted molar refractivity (Wildman–Crippen MR) is 70.8 cm³/mol. The SMILES string of the molecule is [O]=[Sb]([OH])([c]1ccc(Cl)cc1)[c]1ccc(Cl)cc1. The molecule has 2 rings (SSSR count). The average molecular weight is 378 g/mol. The Morgan fingerprint density at radius 3 is 1.35 bits per heavy atom. The zero-order valence-corrected chi connectivity index (χ0v) is 12.7. The molecule has 0 aliphatic rings. The first-order valence-electron chi connectivity index (χ1n) is 4.85. The van der Waals surface area contributed by atoms with Crippen LogP contribution in [0.15, 0.2) is 48.5 Å². The number of rotatable bonds is 2. The van der Waals surface area contributed by atoms with Crippen molar-refractivity contribution >= 4 is 49.4 Å². The van der Waals surface area contributed by atoms with Gasteiger partial charge in [0.25, 0.3) is 0 Å². The predicted octanol–water partition coefficient (Wildman–Crippen LogP) is 1.97. The molecule has 17 heavy (non-hydrogen) atoms. The van der Waals surface area contributed by atoms with E-state index in [-0.39, 0.29) is 0 Å². The first-order valence-corrected chi connectivity index (χ1v) is 10.3. The van der Waals surface area contributed by atoms with Crippen molar-refractivity contribution in [2.24, 2.45) is 0 Å². The van der Waals surface area contributed by atoms with Crippen LogP contribution in [0.25, 0.3) is 0 Å². The van der Waals surface area contributed by atoms with Crippen LogP contribution >= 0.6 is 23.2 Å². The molecule has 0 radical (unpaired) electrons. The Hall–Kier alpha value is -0.402.